The Bertz CT molecular complexity index is 750. The summed E-state index contributed by atoms with van der Waals surface area (Å²) in [6.07, 6.45) is 4.03. The Morgan fingerprint density at radius 3 is 2.82 bits per heavy atom. The van der Waals surface area contributed by atoms with Crippen LogP contribution < -0.4 is 4.74 Å². The molecule has 1 aliphatic carbocycles. The molecule has 0 radical (unpaired) electrons. The molecule has 0 bridgehead atoms. The third-order valence-corrected chi connectivity index (χ3v) is 4.83. The lowest BCUT2D eigenvalue weighted by atomic mass is 9.81. The molecular formula is C19H18O3. The van der Waals surface area contributed by atoms with Crippen LogP contribution in [-0.2, 0) is 16.8 Å². The molecule has 0 N–H and O–H groups in total. The van der Waals surface area contributed by atoms with Gasteiger partial charge in [0.2, 0.25) is 0 Å². The molecule has 22 heavy (non-hydrogen) atoms. The van der Waals surface area contributed by atoms with E-state index in [0.717, 1.165) is 42.6 Å². The highest BCUT2D eigenvalue weighted by Crippen LogP contribution is 2.49. The normalized spacial score (nSPS) is 22.7. The molecule has 4 rings (SSSR count). The van der Waals surface area contributed by atoms with Gasteiger partial charge in [-0.3, -0.25) is 0 Å². The fraction of sp³-hybridized carbons (Fsp3) is 0.316. The molecule has 2 aromatic rings. The first-order valence-corrected chi connectivity index (χ1v) is 7.75. The van der Waals surface area contributed by atoms with Crippen LogP contribution in [0.15, 0.2) is 42.5 Å². The molecule has 0 fully saturated rings. The van der Waals surface area contributed by atoms with Crippen molar-refractivity contribution in [2.75, 3.05) is 7.11 Å². The molecule has 0 aromatic heterocycles. The maximum atomic E-state index is 12.4. The zero-order valence-corrected chi connectivity index (χ0v) is 12.6. The van der Waals surface area contributed by atoms with Gasteiger partial charge in [-0.15, -0.1) is 0 Å². The van der Waals surface area contributed by atoms with E-state index in [4.69, 9.17) is 9.47 Å². The Kier molecular flexibility index (Phi) is 2.96. The minimum Gasteiger partial charge on any atom is -0.497 e. The number of benzene rings is 2. The van der Waals surface area contributed by atoms with Crippen molar-refractivity contribution < 1.29 is 14.3 Å². The molecule has 0 saturated carbocycles. The number of hydrogen-bond donors (Lipinski definition) is 0. The van der Waals surface area contributed by atoms with Crippen LogP contribution in [0, 0.1) is 0 Å². The minimum absolute atomic E-state index is 0.227. The number of aryl methyl sites for hydroxylation is 1. The van der Waals surface area contributed by atoms with Gasteiger partial charge in [0.1, 0.15) is 5.75 Å². The molecule has 3 nitrogen and oxygen atoms in total. The average Bonchev–Trinajstić information content (AvgIpc) is 2.72. The molecule has 2 aromatic carbocycles. The number of ether oxygens (including phenoxy) is 2. The summed E-state index contributed by atoms with van der Waals surface area (Å²) in [6.45, 7) is 0. The van der Waals surface area contributed by atoms with E-state index in [1.54, 1.807) is 7.11 Å². The first-order chi connectivity index (χ1) is 10.7. The van der Waals surface area contributed by atoms with Gasteiger partial charge in [-0.25, -0.2) is 4.79 Å². The van der Waals surface area contributed by atoms with E-state index in [-0.39, 0.29) is 5.97 Å². The minimum atomic E-state index is -0.645. The third kappa shape index (κ3) is 1.78. The summed E-state index contributed by atoms with van der Waals surface area (Å²) in [4.78, 5) is 12.4. The number of carbonyl (C=O) groups excluding carboxylic acids is 1. The van der Waals surface area contributed by atoms with Gasteiger partial charge in [-0.05, 0) is 49.4 Å². The number of esters is 1. The van der Waals surface area contributed by atoms with E-state index < -0.39 is 5.60 Å². The maximum Gasteiger partial charge on any atom is 0.339 e. The highest BCUT2D eigenvalue weighted by Gasteiger charge is 2.48. The fourth-order valence-electron chi connectivity index (χ4n) is 3.77. The number of hydrogen-bond acceptors (Lipinski definition) is 3. The first-order valence-electron chi connectivity index (χ1n) is 7.75. The van der Waals surface area contributed by atoms with Crippen molar-refractivity contribution in [1.82, 2.24) is 0 Å². The predicted octanol–water partition coefficient (Wildman–Crippen LogP) is 3.84. The topological polar surface area (TPSA) is 35.5 Å². The van der Waals surface area contributed by atoms with E-state index in [1.165, 1.54) is 5.56 Å². The van der Waals surface area contributed by atoms with Crippen molar-refractivity contribution in [3.05, 3.63) is 64.7 Å². The molecule has 1 heterocycles. The first kappa shape index (κ1) is 13.4. The summed E-state index contributed by atoms with van der Waals surface area (Å²) in [6, 6.07) is 13.9. The number of fused-ring (bicyclic) bond motifs is 4. The zero-order chi connectivity index (χ0) is 15.2. The van der Waals surface area contributed by atoms with Gasteiger partial charge >= 0.3 is 5.97 Å². The van der Waals surface area contributed by atoms with Crippen LogP contribution in [0.2, 0.25) is 0 Å². The summed E-state index contributed by atoms with van der Waals surface area (Å²) in [7, 11) is 1.65. The van der Waals surface area contributed by atoms with Gasteiger partial charge in [0.05, 0.1) is 12.7 Å². The van der Waals surface area contributed by atoms with Gasteiger partial charge in [0.15, 0.2) is 5.60 Å². The van der Waals surface area contributed by atoms with Crippen molar-refractivity contribution in [2.45, 2.75) is 31.3 Å². The Hall–Kier alpha value is -2.29. The number of carbonyl (C=O) groups is 1. The SMILES string of the molecule is COc1ccc2c(c1)C1(CCCCc3ccccc31)OC2=O. The lowest BCUT2D eigenvalue weighted by Gasteiger charge is -2.30. The second-order valence-corrected chi connectivity index (χ2v) is 5.99. The Morgan fingerprint density at radius 2 is 1.95 bits per heavy atom. The van der Waals surface area contributed by atoms with E-state index in [0.29, 0.717) is 5.56 Å². The summed E-state index contributed by atoms with van der Waals surface area (Å²) < 4.78 is 11.3. The summed E-state index contributed by atoms with van der Waals surface area (Å²) in [5, 5.41) is 0. The van der Waals surface area contributed by atoms with Crippen LogP contribution in [0.3, 0.4) is 0 Å². The van der Waals surface area contributed by atoms with Gasteiger partial charge in [-0.1, -0.05) is 24.3 Å². The van der Waals surface area contributed by atoms with Crippen LogP contribution in [0.1, 0.15) is 46.3 Å². The Morgan fingerprint density at radius 1 is 1.09 bits per heavy atom. The second-order valence-electron chi connectivity index (χ2n) is 5.99. The van der Waals surface area contributed by atoms with Gasteiger partial charge in [0, 0.05) is 11.1 Å². The Labute approximate surface area is 129 Å². The lowest BCUT2D eigenvalue weighted by Crippen LogP contribution is -2.28. The van der Waals surface area contributed by atoms with Crippen molar-refractivity contribution in [2.24, 2.45) is 0 Å². The zero-order valence-electron chi connectivity index (χ0n) is 12.6. The van der Waals surface area contributed by atoms with Crippen molar-refractivity contribution in [3.63, 3.8) is 0 Å². The van der Waals surface area contributed by atoms with Crippen LogP contribution in [0.25, 0.3) is 0 Å². The average molecular weight is 294 g/mol. The third-order valence-electron chi connectivity index (χ3n) is 4.83. The monoisotopic (exact) mass is 294 g/mol. The van der Waals surface area contributed by atoms with Crippen LogP contribution in [-0.4, -0.2) is 13.1 Å². The lowest BCUT2D eigenvalue weighted by molar-refractivity contribution is 0.00703. The molecule has 1 spiro atoms. The summed E-state index contributed by atoms with van der Waals surface area (Å²) in [5.41, 5.74) is 3.38. The van der Waals surface area contributed by atoms with Crippen molar-refractivity contribution in [1.29, 1.82) is 0 Å². The largest absolute Gasteiger partial charge is 0.497 e. The smallest absolute Gasteiger partial charge is 0.339 e. The van der Waals surface area contributed by atoms with Gasteiger partial charge in [0.25, 0.3) is 0 Å². The van der Waals surface area contributed by atoms with E-state index >= 15 is 0 Å². The highest BCUT2D eigenvalue weighted by atomic mass is 16.6. The summed E-state index contributed by atoms with van der Waals surface area (Å²) >= 11 is 0. The van der Waals surface area contributed by atoms with Gasteiger partial charge in [-0.2, -0.15) is 0 Å². The second kappa shape index (κ2) is 4.87. The molecule has 112 valence electrons. The molecule has 0 amide bonds. The molecule has 1 aliphatic heterocycles. The maximum absolute atomic E-state index is 12.4. The quantitative estimate of drug-likeness (QED) is 0.750. The molecule has 0 saturated heterocycles. The van der Waals surface area contributed by atoms with Crippen molar-refractivity contribution >= 4 is 5.97 Å². The highest BCUT2D eigenvalue weighted by molar-refractivity contribution is 5.95. The van der Waals surface area contributed by atoms with E-state index in [9.17, 15) is 4.79 Å². The predicted molar refractivity (Wildman–Crippen MR) is 83.2 cm³/mol. The van der Waals surface area contributed by atoms with E-state index in [1.807, 2.05) is 24.3 Å². The molecule has 2 aliphatic rings. The standard InChI is InChI=1S/C19H18O3/c1-21-14-9-10-15-17(12-14)19(22-18(15)20)11-5-4-7-13-6-2-3-8-16(13)19/h2-3,6,8-10,12H,4-5,7,11H2,1H3. The van der Waals surface area contributed by atoms with Crippen LogP contribution in [0.5, 0.6) is 5.75 Å². The van der Waals surface area contributed by atoms with Crippen LogP contribution >= 0.6 is 0 Å². The van der Waals surface area contributed by atoms with Crippen LogP contribution in [0.4, 0.5) is 0 Å². The van der Waals surface area contributed by atoms with Gasteiger partial charge < -0.3 is 9.47 Å². The van der Waals surface area contributed by atoms with Crippen molar-refractivity contribution in [3.8, 4) is 5.75 Å². The molecule has 1 atom stereocenters. The fourth-order valence-corrected chi connectivity index (χ4v) is 3.77. The summed E-state index contributed by atoms with van der Waals surface area (Å²) in [5.74, 6) is 0.535. The number of rotatable bonds is 1. The molecule has 3 heteroatoms. The molecular weight excluding hydrogens is 276 g/mol. The number of methoxy groups -OCH3 is 1. The Balaban J connectivity index is 1.98. The molecule has 1 unspecified atom stereocenters. The van der Waals surface area contributed by atoms with E-state index in [2.05, 4.69) is 18.2 Å².